The lowest BCUT2D eigenvalue weighted by Gasteiger charge is -2.14. The molecule has 2 aromatic rings. The number of hydrogen-bond donors (Lipinski definition) is 3. The van der Waals surface area contributed by atoms with E-state index in [0.717, 1.165) is 4.90 Å². The van der Waals surface area contributed by atoms with Gasteiger partial charge in [-0.25, -0.2) is 0 Å². The zero-order chi connectivity index (χ0) is 27.5. The molecule has 12 nitrogen and oxygen atoms in total. The van der Waals surface area contributed by atoms with Gasteiger partial charge in [-0.15, -0.1) is 0 Å². The van der Waals surface area contributed by atoms with E-state index in [9.17, 15) is 34.4 Å². The molecule has 3 rings (SSSR count). The van der Waals surface area contributed by atoms with E-state index in [0.29, 0.717) is 48.4 Å². The lowest BCUT2D eigenvalue weighted by atomic mass is 10.1. The van der Waals surface area contributed by atoms with Crippen LogP contribution in [-0.2, 0) is 32.4 Å². The highest BCUT2D eigenvalue weighted by atomic mass is 16.6. The molecule has 3 N–H and O–H groups in total. The van der Waals surface area contributed by atoms with Crippen LogP contribution in [0.4, 0.5) is 11.4 Å². The molecule has 0 unspecified atom stereocenters. The Labute approximate surface area is 218 Å². The smallest absolute Gasteiger partial charge is 0.269 e. The number of amides is 4. The molecular formula is C26H28N4O8. The van der Waals surface area contributed by atoms with E-state index in [4.69, 9.17) is 4.74 Å². The van der Waals surface area contributed by atoms with Crippen LogP contribution in [0.25, 0.3) is 0 Å². The summed E-state index contributed by atoms with van der Waals surface area (Å²) in [7, 11) is 0. The van der Waals surface area contributed by atoms with Gasteiger partial charge in [0.1, 0.15) is 12.4 Å². The van der Waals surface area contributed by atoms with E-state index in [1.807, 2.05) is 0 Å². The largest absolute Gasteiger partial charge is 0.487 e. The van der Waals surface area contributed by atoms with Crippen molar-refractivity contribution in [1.29, 1.82) is 0 Å². The number of imide groups is 1. The van der Waals surface area contributed by atoms with Crippen LogP contribution >= 0.6 is 0 Å². The van der Waals surface area contributed by atoms with Crippen LogP contribution in [0.1, 0.15) is 36.8 Å². The molecule has 12 heteroatoms. The van der Waals surface area contributed by atoms with E-state index < -0.39 is 10.8 Å². The number of anilines is 1. The predicted molar refractivity (Wildman–Crippen MR) is 136 cm³/mol. The normalized spacial score (nSPS) is 12.5. The van der Waals surface area contributed by atoms with E-state index in [1.165, 1.54) is 24.3 Å². The molecule has 0 bridgehead atoms. The first-order valence-electron chi connectivity index (χ1n) is 12.0. The Hall–Kier alpha value is -4.58. The van der Waals surface area contributed by atoms with Gasteiger partial charge >= 0.3 is 0 Å². The predicted octanol–water partition coefficient (Wildman–Crippen LogP) is 2.21. The number of hydrogen-bond acceptors (Lipinski definition) is 8. The summed E-state index contributed by atoms with van der Waals surface area (Å²) < 4.78 is 5.77. The molecular weight excluding hydrogens is 496 g/mol. The highest BCUT2D eigenvalue weighted by molar-refractivity contribution is 6.12. The number of non-ortho nitro benzene ring substituents is 1. The third-order valence-electron chi connectivity index (χ3n) is 5.67. The molecule has 1 aliphatic rings. The van der Waals surface area contributed by atoms with Crippen LogP contribution < -0.4 is 15.4 Å². The number of carbonyl (C=O) groups excluding carboxylic acids is 4. The Balaban J connectivity index is 1.43. The summed E-state index contributed by atoms with van der Waals surface area (Å²) in [6.07, 6.45) is 4.41. The number of aliphatic hydroxyl groups excluding tert-OH is 1. The van der Waals surface area contributed by atoms with Crippen molar-refractivity contribution < 1.29 is 33.9 Å². The molecule has 0 saturated heterocycles. The first-order valence-corrected chi connectivity index (χ1v) is 12.0. The molecule has 0 atom stereocenters. The van der Waals surface area contributed by atoms with Gasteiger partial charge in [0, 0.05) is 37.3 Å². The number of ether oxygens (including phenoxy) is 1. The standard InChI is InChI=1S/C26H28N4O8/c31-16-19-7-10-22(38-17-18-5-8-20(9-6-18)30(36)37)21(14-19)28-24(33)15-27-23(32)4-2-1-3-13-29-25(34)11-12-26(29)35/h5-12,14,31H,1-4,13,15-17H2,(H,27,32)(H,28,33). The minimum atomic E-state index is -0.495. The van der Waals surface area contributed by atoms with Gasteiger partial charge in [0.25, 0.3) is 17.5 Å². The number of rotatable bonds is 14. The van der Waals surface area contributed by atoms with Crippen LogP contribution in [0.3, 0.4) is 0 Å². The molecule has 0 fully saturated rings. The Morgan fingerprint density at radius 1 is 0.947 bits per heavy atom. The summed E-state index contributed by atoms with van der Waals surface area (Å²) >= 11 is 0. The van der Waals surface area contributed by atoms with Gasteiger partial charge in [-0.3, -0.25) is 34.2 Å². The van der Waals surface area contributed by atoms with Crippen molar-refractivity contribution in [2.75, 3.05) is 18.4 Å². The van der Waals surface area contributed by atoms with Crippen molar-refractivity contribution in [2.24, 2.45) is 0 Å². The molecule has 1 aliphatic heterocycles. The third kappa shape index (κ3) is 8.23. The van der Waals surface area contributed by atoms with Gasteiger partial charge in [0.05, 0.1) is 23.8 Å². The van der Waals surface area contributed by atoms with Gasteiger partial charge in [-0.2, -0.15) is 0 Å². The second-order valence-corrected chi connectivity index (χ2v) is 8.50. The highest BCUT2D eigenvalue weighted by Gasteiger charge is 2.22. The summed E-state index contributed by atoms with van der Waals surface area (Å²) in [4.78, 5) is 59.0. The number of aliphatic hydroxyl groups is 1. The van der Waals surface area contributed by atoms with Crippen molar-refractivity contribution in [3.63, 3.8) is 0 Å². The third-order valence-corrected chi connectivity index (χ3v) is 5.67. The SMILES string of the molecule is O=C(CCCCCN1C(=O)C=CC1=O)NCC(=O)Nc1cc(CO)ccc1OCc1ccc([N+](=O)[O-])cc1. The van der Waals surface area contributed by atoms with Crippen LogP contribution in [0.2, 0.25) is 0 Å². The lowest BCUT2D eigenvalue weighted by Crippen LogP contribution is -2.33. The van der Waals surface area contributed by atoms with E-state index in [1.54, 1.807) is 30.3 Å². The summed E-state index contributed by atoms with van der Waals surface area (Å²) in [5, 5.41) is 25.5. The molecule has 0 aromatic heterocycles. The topological polar surface area (TPSA) is 168 Å². The number of benzene rings is 2. The maximum atomic E-state index is 12.4. The number of nitro groups is 1. The summed E-state index contributed by atoms with van der Waals surface area (Å²) in [5.74, 6) is -1.14. The quantitative estimate of drug-likeness (QED) is 0.146. The minimum Gasteiger partial charge on any atom is -0.487 e. The molecule has 38 heavy (non-hydrogen) atoms. The van der Waals surface area contributed by atoms with Crippen LogP contribution in [0, 0.1) is 10.1 Å². The van der Waals surface area contributed by atoms with Crippen molar-refractivity contribution >= 4 is 35.0 Å². The molecule has 0 spiro atoms. The number of nitrogens with zero attached hydrogens (tertiary/aromatic N) is 2. The number of nitro benzene ring substituents is 1. The van der Waals surface area contributed by atoms with E-state index >= 15 is 0 Å². The maximum Gasteiger partial charge on any atom is 0.269 e. The highest BCUT2D eigenvalue weighted by Crippen LogP contribution is 2.27. The van der Waals surface area contributed by atoms with Crippen LogP contribution in [-0.4, -0.2) is 51.6 Å². The second kappa shape index (κ2) is 13.7. The molecule has 200 valence electrons. The van der Waals surface area contributed by atoms with Gasteiger partial charge in [0.15, 0.2) is 0 Å². The van der Waals surface area contributed by atoms with Gasteiger partial charge < -0.3 is 20.5 Å². The second-order valence-electron chi connectivity index (χ2n) is 8.50. The monoisotopic (exact) mass is 524 g/mol. The fourth-order valence-corrected chi connectivity index (χ4v) is 3.62. The number of unbranched alkanes of at least 4 members (excludes halogenated alkanes) is 2. The van der Waals surface area contributed by atoms with E-state index in [2.05, 4.69) is 10.6 Å². The van der Waals surface area contributed by atoms with Crippen molar-refractivity contribution in [2.45, 2.75) is 38.9 Å². The van der Waals surface area contributed by atoms with Crippen molar-refractivity contribution in [3.05, 3.63) is 75.9 Å². The maximum absolute atomic E-state index is 12.4. The summed E-state index contributed by atoms with van der Waals surface area (Å²) in [6, 6.07) is 10.6. The van der Waals surface area contributed by atoms with E-state index in [-0.39, 0.29) is 49.6 Å². The Morgan fingerprint density at radius 3 is 2.29 bits per heavy atom. The molecule has 0 saturated carbocycles. The zero-order valence-corrected chi connectivity index (χ0v) is 20.6. The minimum absolute atomic E-state index is 0.0383. The van der Waals surface area contributed by atoms with Crippen LogP contribution in [0.15, 0.2) is 54.6 Å². The molecule has 1 heterocycles. The molecule has 4 amide bonds. The lowest BCUT2D eigenvalue weighted by molar-refractivity contribution is -0.384. The van der Waals surface area contributed by atoms with Crippen molar-refractivity contribution in [1.82, 2.24) is 10.2 Å². The average molecular weight is 525 g/mol. The first kappa shape index (κ1) is 28.0. The molecule has 0 aliphatic carbocycles. The zero-order valence-electron chi connectivity index (χ0n) is 20.6. The number of nitrogens with one attached hydrogen (secondary N) is 2. The molecule has 2 aromatic carbocycles. The summed E-state index contributed by atoms with van der Waals surface area (Å²) in [6.45, 7) is -0.131. The van der Waals surface area contributed by atoms with Crippen LogP contribution in [0.5, 0.6) is 5.75 Å². The first-order chi connectivity index (χ1) is 18.3. The Morgan fingerprint density at radius 2 is 1.63 bits per heavy atom. The Kier molecular flexibility index (Phi) is 10.1. The molecule has 0 radical (unpaired) electrons. The fraction of sp³-hybridized carbons (Fsp3) is 0.308. The van der Waals surface area contributed by atoms with Gasteiger partial charge in [-0.05, 0) is 48.2 Å². The van der Waals surface area contributed by atoms with Gasteiger partial charge in [0.2, 0.25) is 11.8 Å². The van der Waals surface area contributed by atoms with Crippen molar-refractivity contribution in [3.8, 4) is 5.75 Å². The fourth-order valence-electron chi connectivity index (χ4n) is 3.62. The average Bonchev–Trinajstić information content (AvgIpc) is 3.23. The van der Waals surface area contributed by atoms with Gasteiger partial charge in [-0.1, -0.05) is 12.5 Å². The number of carbonyl (C=O) groups is 4. The Bertz CT molecular complexity index is 1210. The summed E-state index contributed by atoms with van der Waals surface area (Å²) in [5.41, 5.74) is 1.49.